The van der Waals surface area contributed by atoms with E-state index in [-0.39, 0.29) is 18.7 Å². The lowest BCUT2D eigenvalue weighted by Gasteiger charge is -2.26. The third-order valence-electron chi connectivity index (χ3n) is 2.21. The van der Waals surface area contributed by atoms with E-state index in [1.807, 2.05) is 0 Å². The maximum atomic E-state index is 11.7. The van der Waals surface area contributed by atoms with E-state index in [9.17, 15) is 9.59 Å². The quantitative estimate of drug-likeness (QED) is 0.527. The monoisotopic (exact) mass is 244 g/mol. The molecule has 1 atom stereocenters. The van der Waals surface area contributed by atoms with Crippen molar-refractivity contribution in [2.24, 2.45) is 5.16 Å². The number of aliphatic carboxylic acids is 1. The molecule has 1 rings (SSSR count). The number of likely N-dealkylation sites (tertiary alicyclic amines) is 1. The van der Waals surface area contributed by atoms with E-state index in [1.165, 1.54) is 0 Å². The Bertz CT molecular complexity index is 358. The van der Waals surface area contributed by atoms with Crippen molar-refractivity contribution < 1.29 is 24.6 Å². The van der Waals surface area contributed by atoms with Gasteiger partial charge in [-0.05, 0) is 20.8 Å². The molecule has 2 N–H and O–H groups in total. The molecule has 0 aromatic heterocycles. The number of nitrogens with zero attached hydrogens (tertiary/aromatic N) is 2. The number of hydrogen-bond donors (Lipinski definition) is 2. The highest BCUT2D eigenvalue weighted by Crippen LogP contribution is 2.19. The molecule has 1 amide bonds. The smallest absolute Gasteiger partial charge is 0.411 e. The number of ether oxygens (including phenoxy) is 1. The second kappa shape index (κ2) is 4.60. The highest BCUT2D eigenvalue weighted by atomic mass is 16.6. The molecule has 7 heteroatoms. The maximum absolute atomic E-state index is 11.7. The van der Waals surface area contributed by atoms with Gasteiger partial charge in [0, 0.05) is 6.42 Å². The van der Waals surface area contributed by atoms with Gasteiger partial charge in [-0.3, -0.25) is 4.90 Å². The Balaban J connectivity index is 2.81. The summed E-state index contributed by atoms with van der Waals surface area (Å²) in [6.45, 7) is 5.05. The molecule has 0 spiro atoms. The summed E-state index contributed by atoms with van der Waals surface area (Å²) in [6.07, 6.45) is -0.700. The first-order valence-electron chi connectivity index (χ1n) is 5.17. The summed E-state index contributed by atoms with van der Waals surface area (Å²) in [5.74, 6) is -1.14. The summed E-state index contributed by atoms with van der Waals surface area (Å²) in [5.41, 5.74) is -0.442. The number of amides is 1. The van der Waals surface area contributed by atoms with Gasteiger partial charge in [0.15, 0.2) is 0 Å². The van der Waals surface area contributed by atoms with Crippen molar-refractivity contribution in [3.8, 4) is 0 Å². The molecular formula is C10H16N2O5. The van der Waals surface area contributed by atoms with Crippen molar-refractivity contribution in [1.82, 2.24) is 4.90 Å². The number of carboxylic acid groups (broad SMARTS) is 1. The van der Waals surface area contributed by atoms with Crippen LogP contribution >= 0.6 is 0 Å². The lowest BCUT2D eigenvalue weighted by molar-refractivity contribution is -0.142. The predicted octanol–water partition coefficient (Wildman–Crippen LogP) is 0.911. The molecule has 0 radical (unpaired) electrons. The summed E-state index contributed by atoms with van der Waals surface area (Å²) < 4.78 is 5.08. The van der Waals surface area contributed by atoms with E-state index < -0.39 is 23.7 Å². The van der Waals surface area contributed by atoms with Gasteiger partial charge in [0.25, 0.3) is 0 Å². The lowest BCUT2D eigenvalue weighted by atomic mass is 10.2. The number of carbonyl (C=O) groups is 2. The number of carboxylic acids is 1. The third kappa shape index (κ3) is 3.33. The van der Waals surface area contributed by atoms with Crippen molar-refractivity contribution in [3.05, 3.63) is 0 Å². The number of hydrogen-bond acceptors (Lipinski definition) is 5. The van der Waals surface area contributed by atoms with Crippen LogP contribution in [0.15, 0.2) is 5.16 Å². The highest BCUT2D eigenvalue weighted by molar-refractivity contribution is 5.98. The van der Waals surface area contributed by atoms with Crippen LogP contribution < -0.4 is 0 Å². The Hall–Kier alpha value is -1.79. The SMILES string of the molecule is CC(C)(C)OC(=O)N1C/C(=N/O)C[C@H]1C(=O)O. The summed E-state index contributed by atoms with van der Waals surface area (Å²) in [5, 5.41) is 20.5. The molecule has 0 aromatic carbocycles. The molecule has 1 fully saturated rings. The van der Waals surface area contributed by atoms with Crippen LogP contribution in [-0.2, 0) is 9.53 Å². The van der Waals surface area contributed by atoms with Crippen LogP contribution in [0.5, 0.6) is 0 Å². The molecule has 96 valence electrons. The summed E-state index contributed by atoms with van der Waals surface area (Å²) >= 11 is 0. The van der Waals surface area contributed by atoms with Gasteiger partial charge in [0.1, 0.15) is 11.6 Å². The topological polar surface area (TPSA) is 99.4 Å². The highest BCUT2D eigenvalue weighted by Gasteiger charge is 2.40. The van der Waals surface area contributed by atoms with Gasteiger partial charge in [-0.2, -0.15) is 0 Å². The Kier molecular flexibility index (Phi) is 3.59. The van der Waals surface area contributed by atoms with Gasteiger partial charge in [-0.1, -0.05) is 5.16 Å². The van der Waals surface area contributed by atoms with Crippen molar-refractivity contribution in [1.29, 1.82) is 0 Å². The predicted molar refractivity (Wildman–Crippen MR) is 58.2 cm³/mol. The summed E-state index contributed by atoms with van der Waals surface area (Å²) in [6, 6.07) is -1.03. The van der Waals surface area contributed by atoms with Gasteiger partial charge in [0.05, 0.1) is 12.3 Å². The molecule has 0 aliphatic carbocycles. The third-order valence-corrected chi connectivity index (χ3v) is 2.21. The Morgan fingerprint density at radius 2 is 2.06 bits per heavy atom. The zero-order chi connectivity index (χ0) is 13.2. The van der Waals surface area contributed by atoms with E-state index in [0.29, 0.717) is 0 Å². The molecule has 1 saturated heterocycles. The maximum Gasteiger partial charge on any atom is 0.411 e. The minimum absolute atomic E-state index is 0.0189. The van der Waals surface area contributed by atoms with E-state index in [0.717, 1.165) is 4.90 Å². The van der Waals surface area contributed by atoms with Crippen LogP contribution in [0.4, 0.5) is 4.79 Å². The van der Waals surface area contributed by atoms with Crippen LogP contribution in [0.25, 0.3) is 0 Å². The van der Waals surface area contributed by atoms with E-state index in [2.05, 4.69) is 5.16 Å². The molecule has 0 bridgehead atoms. The van der Waals surface area contributed by atoms with Crippen molar-refractivity contribution in [3.63, 3.8) is 0 Å². The number of oxime groups is 1. The molecule has 1 aliphatic heterocycles. The van der Waals surface area contributed by atoms with Crippen molar-refractivity contribution >= 4 is 17.8 Å². The zero-order valence-corrected chi connectivity index (χ0v) is 10.0. The first-order valence-corrected chi connectivity index (χ1v) is 5.17. The molecule has 0 saturated carbocycles. The molecule has 1 aliphatic rings. The molecule has 1 heterocycles. The van der Waals surface area contributed by atoms with Gasteiger partial charge in [-0.25, -0.2) is 9.59 Å². The normalized spacial score (nSPS) is 22.9. The molecular weight excluding hydrogens is 228 g/mol. The van der Waals surface area contributed by atoms with E-state index in [1.54, 1.807) is 20.8 Å². The van der Waals surface area contributed by atoms with E-state index in [4.69, 9.17) is 15.1 Å². The first-order chi connectivity index (χ1) is 7.74. The Morgan fingerprint density at radius 3 is 2.47 bits per heavy atom. The van der Waals surface area contributed by atoms with Crippen LogP contribution in [0.1, 0.15) is 27.2 Å². The second-order valence-electron chi connectivity index (χ2n) is 4.83. The fourth-order valence-corrected chi connectivity index (χ4v) is 1.51. The average Bonchev–Trinajstić information content (AvgIpc) is 2.58. The minimum atomic E-state index is -1.14. The van der Waals surface area contributed by atoms with Crippen molar-refractivity contribution in [2.45, 2.75) is 38.8 Å². The molecule has 0 unspecified atom stereocenters. The van der Waals surface area contributed by atoms with Crippen LogP contribution in [0.3, 0.4) is 0 Å². The number of rotatable bonds is 1. The van der Waals surface area contributed by atoms with Gasteiger partial charge in [0.2, 0.25) is 0 Å². The molecule has 17 heavy (non-hydrogen) atoms. The summed E-state index contributed by atoms with van der Waals surface area (Å²) in [7, 11) is 0. The molecule has 0 aromatic rings. The number of carbonyl (C=O) groups excluding carboxylic acids is 1. The van der Waals surface area contributed by atoms with Crippen LogP contribution in [0.2, 0.25) is 0 Å². The van der Waals surface area contributed by atoms with Gasteiger partial charge >= 0.3 is 12.1 Å². The van der Waals surface area contributed by atoms with Gasteiger partial charge in [-0.15, -0.1) is 0 Å². The largest absolute Gasteiger partial charge is 0.480 e. The first kappa shape index (κ1) is 13.3. The lowest BCUT2D eigenvalue weighted by Crippen LogP contribution is -2.43. The van der Waals surface area contributed by atoms with E-state index >= 15 is 0 Å². The summed E-state index contributed by atoms with van der Waals surface area (Å²) in [4.78, 5) is 23.7. The fourth-order valence-electron chi connectivity index (χ4n) is 1.51. The van der Waals surface area contributed by atoms with Crippen LogP contribution in [0, 0.1) is 0 Å². The zero-order valence-electron chi connectivity index (χ0n) is 10.0. The Labute approximate surface area is 98.7 Å². The molecule has 7 nitrogen and oxygen atoms in total. The average molecular weight is 244 g/mol. The van der Waals surface area contributed by atoms with Crippen molar-refractivity contribution in [2.75, 3.05) is 6.54 Å². The Morgan fingerprint density at radius 1 is 1.47 bits per heavy atom. The fraction of sp³-hybridized carbons (Fsp3) is 0.700. The minimum Gasteiger partial charge on any atom is -0.480 e. The van der Waals surface area contributed by atoms with Crippen LogP contribution in [-0.4, -0.2) is 51.2 Å². The van der Waals surface area contributed by atoms with Gasteiger partial charge < -0.3 is 15.1 Å². The standard InChI is InChI=1S/C10H16N2O5/c1-10(2,3)17-9(15)12-5-6(11-16)4-7(12)8(13)14/h7,16H,4-5H2,1-3H3,(H,13,14)/b11-6+/t7-/m0/s1. The second-order valence-corrected chi connectivity index (χ2v) is 4.83.